The summed E-state index contributed by atoms with van der Waals surface area (Å²) in [6.07, 6.45) is 0. The largest absolute Gasteiger partial charge is 0.398 e. The van der Waals surface area contributed by atoms with Crippen molar-refractivity contribution in [1.29, 1.82) is 0 Å². The number of hydrogen-bond donors (Lipinski definition) is 2. The van der Waals surface area contributed by atoms with E-state index in [1.807, 2.05) is 12.1 Å². The maximum absolute atomic E-state index is 7.03. The highest BCUT2D eigenvalue weighted by Gasteiger charge is 2.21. The molecule has 0 unspecified atom stereocenters. The molecule has 0 saturated carbocycles. The zero-order valence-electron chi connectivity index (χ0n) is 27.3. The maximum atomic E-state index is 7.03. The van der Waals surface area contributed by atoms with Gasteiger partial charge >= 0.3 is 0 Å². The van der Waals surface area contributed by atoms with E-state index in [9.17, 15) is 0 Å². The van der Waals surface area contributed by atoms with Crippen LogP contribution in [0.15, 0.2) is 170 Å². The third-order valence-corrected chi connectivity index (χ3v) is 10.5. The standard InChI is InChI=1S/C48H32N2/c49-43-19-7-15-37(47(43)39-17-5-13-29-21-23-35-25-31-9-1-3-11-33(31)27-41(35)45(29)39)38-16-8-20-44(50)48(38)40-18-6-14-30-22-24-36-26-32-10-2-4-12-34(32)28-42(36)46(30)40/h1-28H,49-50H2. The lowest BCUT2D eigenvalue weighted by atomic mass is 9.84. The third-order valence-electron chi connectivity index (χ3n) is 10.5. The summed E-state index contributed by atoms with van der Waals surface area (Å²) in [6.45, 7) is 0. The molecule has 0 aliphatic rings. The van der Waals surface area contributed by atoms with Crippen LogP contribution in [0, 0.1) is 0 Å². The first-order valence-corrected chi connectivity index (χ1v) is 17.1. The van der Waals surface area contributed by atoms with Crippen molar-refractivity contribution in [2.45, 2.75) is 0 Å². The summed E-state index contributed by atoms with van der Waals surface area (Å²) < 4.78 is 0. The Balaban J connectivity index is 1.28. The summed E-state index contributed by atoms with van der Waals surface area (Å²) in [7, 11) is 0. The molecule has 50 heavy (non-hydrogen) atoms. The van der Waals surface area contributed by atoms with Gasteiger partial charge in [-0.2, -0.15) is 0 Å². The third kappa shape index (κ3) is 4.29. The van der Waals surface area contributed by atoms with Gasteiger partial charge in [-0.1, -0.05) is 133 Å². The number of fused-ring (bicyclic) bond motifs is 8. The van der Waals surface area contributed by atoms with Gasteiger partial charge in [-0.25, -0.2) is 0 Å². The van der Waals surface area contributed by atoms with Crippen molar-refractivity contribution >= 4 is 76.0 Å². The fourth-order valence-electron chi connectivity index (χ4n) is 8.21. The molecule has 2 heteroatoms. The van der Waals surface area contributed by atoms with Crippen molar-refractivity contribution in [3.63, 3.8) is 0 Å². The van der Waals surface area contributed by atoms with Crippen molar-refractivity contribution in [3.8, 4) is 33.4 Å². The molecular weight excluding hydrogens is 605 g/mol. The van der Waals surface area contributed by atoms with Gasteiger partial charge in [0.1, 0.15) is 0 Å². The van der Waals surface area contributed by atoms with E-state index in [0.717, 1.165) is 44.8 Å². The Bertz CT molecular complexity index is 2800. The minimum Gasteiger partial charge on any atom is -0.398 e. The first-order chi connectivity index (χ1) is 24.6. The average Bonchev–Trinajstić information content (AvgIpc) is 3.15. The molecule has 0 aliphatic heterocycles. The van der Waals surface area contributed by atoms with Crippen LogP contribution in [0.1, 0.15) is 0 Å². The lowest BCUT2D eigenvalue weighted by Gasteiger charge is -2.21. The van der Waals surface area contributed by atoms with E-state index in [1.165, 1.54) is 64.6 Å². The average molecular weight is 637 g/mol. The molecule has 0 spiro atoms. The van der Waals surface area contributed by atoms with Gasteiger partial charge in [0.15, 0.2) is 0 Å². The molecule has 10 rings (SSSR count). The fraction of sp³-hybridized carbons (Fsp3) is 0. The predicted molar refractivity (Wildman–Crippen MR) is 217 cm³/mol. The van der Waals surface area contributed by atoms with Crippen LogP contribution < -0.4 is 11.5 Å². The van der Waals surface area contributed by atoms with E-state index >= 15 is 0 Å². The second-order valence-corrected chi connectivity index (χ2v) is 13.3. The highest BCUT2D eigenvalue weighted by molar-refractivity contribution is 6.21. The fourth-order valence-corrected chi connectivity index (χ4v) is 8.21. The minimum absolute atomic E-state index is 0.732. The molecule has 0 saturated heterocycles. The van der Waals surface area contributed by atoms with Gasteiger partial charge < -0.3 is 11.5 Å². The van der Waals surface area contributed by atoms with Crippen molar-refractivity contribution in [3.05, 3.63) is 170 Å². The van der Waals surface area contributed by atoms with Crippen LogP contribution in [0.2, 0.25) is 0 Å². The van der Waals surface area contributed by atoms with E-state index in [1.54, 1.807) is 0 Å². The van der Waals surface area contributed by atoms with E-state index in [0.29, 0.717) is 0 Å². The second kappa shape index (κ2) is 10.9. The molecule has 4 N–H and O–H groups in total. The number of rotatable bonds is 3. The van der Waals surface area contributed by atoms with Gasteiger partial charge in [0.2, 0.25) is 0 Å². The van der Waals surface area contributed by atoms with E-state index in [2.05, 4.69) is 158 Å². The van der Waals surface area contributed by atoms with Crippen molar-refractivity contribution in [1.82, 2.24) is 0 Å². The normalized spacial score (nSPS) is 11.8. The van der Waals surface area contributed by atoms with Crippen LogP contribution in [-0.4, -0.2) is 0 Å². The molecule has 0 bridgehead atoms. The Labute approximate surface area is 289 Å². The minimum atomic E-state index is 0.732. The van der Waals surface area contributed by atoms with Crippen molar-refractivity contribution < 1.29 is 0 Å². The molecule has 0 heterocycles. The van der Waals surface area contributed by atoms with E-state index < -0.39 is 0 Å². The van der Waals surface area contributed by atoms with Gasteiger partial charge in [-0.15, -0.1) is 0 Å². The SMILES string of the molecule is Nc1cccc(-c2cccc(N)c2-c2cccc3ccc4cc5ccccc5cc4c23)c1-c1cccc2ccc3cc4ccccc4cc3c12. The van der Waals surface area contributed by atoms with Gasteiger partial charge in [-0.05, 0) is 123 Å². The summed E-state index contributed by atoms with van der Waals surface area (Å²) in [6, 6.07) is 60.9. The maximum Gasteiger partial charge on any atom is 0.0400 e. The highest BCUT2D eigenvalue weighted by Crippen LogP contribution is 2.48. The van der Waals surface area contributed by atoms with E-state index in [-0.39, 0.29) is 0 Å². The molecule has 0 fully saturated rings. The van der Waals surface area contributed by atoms with Crippen molar-refractivity contribution in [2.75, 3.05) is 11.5 Å². The van der Waals surface area contributed by atoms with E-state index in [4.69, 9.17) is 11.5 Å². The van der Waals surface area contributed by atoms with Crippen molar-refractivity contribution in [2.24, 2.45) is 0 Å². The number of nitrogen functional groups attached to an aromatic ring is 2. The molecular formula is C48H32N2. The first kappa shape index (κ1) is 28.4. The van der Waals surface area contributed by atoms with Crippen LogP contribution in [0.3, 0.4) is 0 Å². The predicted octanol–water partition coefficient (Wildman–Crippen LogP) is 12.8. The number of hydrogen-bond acceptors (Lipinski definition) is 2. The van der Waals surface area contributed by atoms with Crippen LogP contribution in [0.25, 0.3) is 98.0 Å². The zero-order valence-corrected chi connectivity index (χ0v) is 27.3. The van der Waals surface area contributed by atoms with Crippen LogP contribution in [0.5, 0.6) is 0 Å². The molecule has 10 aromatic carbocycles. The molecule has 234 valence electrons. The lowest BCUT2D eigenvalue weighted by molar-refractivity contribution is 1.58. The first-order valence-electron chi connectivity index (χ1n) is 17.1. The summed E-state index contributed by atoms with van der Waals surface area (Å²) in [5, 5.41) is 14.5. The van der Waals surface area contributed by atoms with Gasteiger partial charge in [0.05, 0.1) is 0 Å². The quantitative estimate of drug-likeness (QED) is 0.115. The molecule has 0 aromatic heterocycles. The lowest BCUT2D eigenvalue weighted by Crippen LogP contribution is -1.98. The summed E-state index contributed by atoms with van der Waals surface area (Å²) in [5.74, 6) is 0. The van der Waals surface area contributed by atoms with Gasteiger partial charge in [0.25, 0.3) is 0 Å². The molecule has 0 atom stereocenters. The van der Waals surface area contributed by atoms with Gasteiger partial charge in [0, 0.05) is 22.5 Å². The second-order valence-electron chi connectivity index (χ2n) is 13.3. The highest BCUT2D eigenvalue weighted by atomic mass is 14.6. The summed E-state index contributed by atoms with van der Waals surface area (Å²) in [5.41, 5.74) is 21.9. The molecule has 2 nitrogen and oxygen atoms in total. The molecule has 0 radical (unpaired) electrons. The Hall–Kier alpha value is -6.64. The Morgan fingerprint density at radius 2 is 0.600 bits per heavy atom. The number of anilines is 2. The molecule has 0 aliphatic carbocycles. The summed E-state index contributed by atoms with van der Waals surface area (Å²) >= 11 is 0. The van der Waals surface area contributed by atoms with Crippen LogP contribution in [-0.2, 0) is 0 Å². The Morgan fingerprint density at radius 3 is 1.04 bits per heavy atom. The number of nitrogens with two attached hydrogens (primary N) is 2. The number of benzene rings is 10. The molecule has 10 aromatic rings. The topological polar surface area (TPSA) is 52.0 Å². The van der Waals surface area contributed by atoms with Gasteiger partial charge in [-0.3, -0.25) is 0 Å². The van der Waals surface area contributed by atoms with Crippen LogP contribution in [0.4, 0.5) is 11.4 Å². The Kier molecular flexibility index (Phi) is 6.21. The molecule has 0 amide bonds. The monoisotopic (exact) mass is 636 g/mol. The zero-order chi connectivity index (χ0) is 33.3. The summed E-state index contributed by atoms with van der Waals surface area (Å²) in [4.78, 5) is 0. The smallest absolute Gasteiger partial charge is 0.0400 e. The van der Waals surface area contributed by atoms with Crippen LogP contribution >= 0.6 is 0 Å². The Morgan fingerprint density at radius 1 is 0.260 bits per heavy atom.